The predicted octanol–water partition coefficient (Wildman–Crippen LogP) is 3.96. The first-order valence-corrected chi connectivity index (χ1v) is 10.3. The lowest BCUT2D eigenvalue weighted by Crippen LogP contribution is -2.38. The van der Waals surface area contributed by atoms with Crippen molar-refractivity contribution in [2.24, 2.45) is 0 Å². The Kier molecular flexibility index (Phi) is 11.5. The summed E-state index contributed by atoms with van der Waals surface area (Å²) in [7, 11) is 0. The van der Waals surface area contributed by atoms with E-state index in [4.69, 9.17) is 9.47 Å². The number of aliphatic hydroxyl groups excluding tert-OH is 1. The van der Waals surface area contributed by atoms with Crippen LogP contribution in [-0.4, -0.2) is 34.2 Å². The number of rotatable bonds is 14. The maximum absolute atomic E-state index is 11.4. The fourth-order valence-electron chi connectivity index (χ4n) is 3.18. The Morgan fingerprint density at radius 1 is 0.846 bits per heavy atom. The SMILES string of the molecule is CCCCCCCCCCCCCCCC1(O)OC(=O)CC(O)C(=O)O1. The van der Waals surface area contributed by atoms with Crippen LogP contribution in [-0.2, 0) is 19.1 Å². The maximum Gasteiger partial charge on any atom is 0.373 e. The van der Waals surface area contributed by atoms with Crippen molar-refractivity contribution < 1.29 is 29.3 Å². The van der Waals surface area contributed by atoms with Crippen molar-refractivity contribution in [2.45, 2.75) is 115 Å². The summed E-state index contributed by atoms with van der Waals surface area (Å²) < 4.78 is 9.47. The molecule has 0 amide bonds. The summed E-state index contributed by atoms with van der Waals surface area (Å²) >= 11 is 0. The smallest absolute Gasteiger partial charge is 0.373 e. The molecule has 0 aromatic heterocycles. The highest BCUT2D eigenvalue weighted by atomic mass is 16.8. The molecule has 1 heterocycles. The first kappa shape index (κ1) is 22.9. The minimum absolute atomic E-state index is 0.0367. The van der Waals surface area contributed by atoms with Crippen molar-refractivity contribution in [3.05, 3.63) is 0 Å². The number of aliphatic hydroxyl groups is 2. The van der Waals surface area contributed by atoms with E-state index in [0.717, 1.165) is 19.3 Å². The number of carbonyl (C=O) groups is 2. The average molecular weight is 373 g/mol. The van der Waals surface area contributed by atoms with Crippen LogP contribution in [0.2, 0.25) is 0 Å². The van der Waals surface area contributed by atoms with Gasteiger partial charge in [-0.2, -0.15) is 0 Å². The zero-order valence-corrected chi connectivity index (χ0v) is 16.2. The molecule has 1 aliphatic heterocycles. The van der Waals surface area contributed by atoms with E-state index in [1.54, 1.807) is 0 Å². The van der Waals surface area contributed by atoms with Gasteiger partial charge in [0.25, 0.3) is 0 Å². The van der Waals surface area contributed by atoms with Gasteiger partial charge in [0.05, 0.1) is 12.8 Å². The molecule has 0 radical (unpaired) electrons. The molecule has 0 saturated carbocycles. The minimum Gasteiger partial charge on any atom is -0.398 e. The molecule has 0 aliphatic carbocycles. The van der Waals surface area contributed by atoms with Crippen LogP contribution >= 0.6 is 0 Å². The molecule has 26 heavy (non-hydrogen) atoms. The molecule has 6 nitrogen and oxygen atoms in total. The van der Waals surface area contributed by atoms with Gasteiger partial charge in [0.2, 0.25) is 0 Å². The van der Waals surface area contributed by atoms with Gasteiger partial charge < -0.3 is 19.7 Å². The van der Waals surface area contributed by atoms with Crippen LogP contribution in [0.3, 0.4) is 0 Å². The van der Waals surface area contributed by atoms with Crippen molar-refractivity contribution in [3.63, 3.8) is 0 Å². The molecule has 0 spiro atoms. The number of hydrogen-bond acceptors (Lipinski definition) is 6. The molecule has 0 bridgehead atoms. The van der Waals surface area contributed by atoms with E-state index in [9.17, 15) is 19.8 Å². The third-order valence-electron chi connectivity index (χ3n) is 4.76. The fourth-order valence-corrected chi connectivity index (χ4v) is 3.18. The highest BCUT2D eigenvalue weighted by Crippen LogP contribution is 2.24. The normalized spacial score (nSPS) is 23.4. The summed E-state index contributed by atoms with van der Waals surface area (Å²) in [5.41, 5.74) is 0. The van der Waals surface area contributed by atoms with Gasteiger partial charge in [-0.05, 0) is 6.42 Å². The zero-order valence-electron chi connectivity index (χ0n) is 16.2. The largest absolute Gasteiger partial charge is 0.398 e. The third kappa shape index (κ3) is 10.1. The highest BCUT2D eigenvalue weighted by Gasteiger charge is 2.42. The van der Waals surface area contributed by atoms with E-state index >= 15 is 0 Å². The summed E-state index contributed by atoms with van der Waals surface area (Å²) in [6.45, 7) is 2.24. The van der Waals surface area contributed by atoms with Crippen molar-refractivity contribution in [1.29, 1.82) is 0 Å². The molecule has 2 N–H and O–H groups in total. The van der Waals surface area contributed by atoms with E-state index in [0.29, 0.717) is 6.42 Å². The van der Waals surface area contributed by atoms with E-state index in [1.165, 1.54) is 57.8 Å². The third-order valence-corrected chi connectivity index (χ3v) is 4.76. The van der Waals surface area contributed by atoms with Gasteiger partial charge >= 0.3 is 17.9 Å². The molecule has 2 atom stereocenters. The second-order valence-electron chi connectivity index (χ2n) is 7.32. The van der Waals surface area contributed by atoms with Crippen molar-refractivity contribution in [1.82, 2.24) is 0 Å². The second-order valence-corrected chi connectivity index (χ2v) is 7.32. The number of carbonyl (C=O) groups excluding carboxylic acids is 2. The molecule has 1 fully saturated rings. The molecule has 1 saturated heterocycles. The van der Waals surface area contributed by atoms with Gasteiger partial charge in [-0.3, -0.25) is 4.79 Å². The van der Waals surface area contributed by atoms with Gasteiger partial charge in [-0.15, -0.1) is 0 Å². The van der Waals surface area contributed by atoms with Crippen molar-refractivity contribution in [2.75, 3.05) is 0 Å². The second kappa shape index (κ2) is 13.1. The Hall–Kier alpha value is -1.14. The quantitative estimate of drug-likeness (QED) is 0.354. The van der Waals surface area contributed by atoms with E-state index in [-0.39, 0.29) is 6.42 Å². The average Bonchev–Trinajstić information content (AvgIpc) is 2.67. The van der Waals surface area contributed by atoms with Crippen LogP contribution < -0.4 is 0 Å². The molecule has 152 valence electrons. The fraction of sp³-hybridized carbons (Fsp3) is 0.900. The van der Waals surface area contributed by atoms with Crippen LogP contribution in [0.1, 0.15) is 103 Å². The van der Waals surface area contributed by atoms with E-state index < -0.39 is 30.4 Å². The molecule has 1 rings (SSSR count). The summed E-state index contributed by atoms with van der Waals surface area (Å²) in [5, 5.41) is 19.4. The molecule has 2 unspecified atom stereocenters. The summed E-state index contributed by atoms with van der Waals surface area (Å²) in [6.07, 6.45) is 13.5. The summed E-state index contributed by atoms with van der Waals surface area (Å²) in [4.78, 5) is 22.9. The molecular formula is C20H36O6. The van der Waals surface area contributed by atoms with Gasteiger partial charge in [0.15, 0.2) is 6.10 Å². The van der Waals surface area contributed by atoms with Crippen molar-refractivity contribution in [3.8, 4) is 0 Å². The Labute approximate surface area is 157 Å². The summed E-state index contributed by atoms with van der Waals surface area (Å²) in [6, 6.07) is 0. The molecule has 0 aromatic rings. The maximum atomic E-state index is 11.4. The summed E-state index contributed by atoms with van der Waals surface area (Å²) in [5.74, 6) is -4.09. The van der Waals surface area contributed by atoms with Gasteiger partial charge in [0, 0.05) is 0 Å². The lowest BCUT2D eigenvalue weighted by molar-refractivity contribution is -0.324. The number of ether oxygens (including phenoxy) is 2. The number of cyclic esters (lactones) is 2. The van der Waals surface area contributed by atoms with Crippen molar-refractivity contribution >= 4 is 11.9 Å². The van der Waals surface area contributed by atoms with Crippen LogP contribution in [0.4, 0.5) is 0 Å². The van der Waals surface area contributed by atoms with Gasteiger partial charge in [-0.1, -0.05) is 84.0 Å². The first-order chi connectivity index (χ1) is 12.5. The van der Waals surface area contributed by atoms with Crippen LogP contribution in [0, 0.1) is 0 Å². The molecule has 0 aromatic carbocycles. The number of hydrogen-bond donors (Lipinski definition) is 2. The predicted molar refractivity (Wildman–Crippen MR) is 98.1 cm³/mol. The first-order valence-electron chi connectivity index (χ1n) is 10.3. The lowest BCUT2D eigenvalue weighted by atomic mass is 10.0. The van der Waals surface area contributed by atoms with Gasteiger partial charge in [0.1, 0.15) is 0 Å². The Morgan fingerprint density at radius 2 is 1.31 bits per heavy atom. The zero-order chi connectivity index (χ0) is 19.3. The Bertz CT molecular complexity index is 411. The monoisotopic (exact) mass is 372 g/mol. The van der Waals surface area contributed by atoms with Crippen LogP contribution in [0.5, 0.6) is 0 Å². The van der Waals surface area contributed by atoms with Gasteiger partial charge in [-0.25, -0.2) is 4.79 Å². The molecule has 6 heteroatoms. The topological polar surface area (TPSA) is 93.1 Å². The minimum atomic E-state index is -2.23. The number of esters is 2. The van der Waals surface area contributed by atoms with E-state index in [1.807, 2.05) is 0 Å². The Balaban J connectivity index is 1.99. The van der Waals surface area contributed by atoms with Crippen LogP contribution in [0.15, 0.2) is 0 Å². The lowest BCUT2D eigenvalue weighted by Gasteiger charge is -2.24. The highest BCUT2D eigenvalue weighted by molar-refractivity contribution is 5.83. The number of unbranched alkanes of at least 4 members (excludes halogenated alkanes) is 12. The van der Waals surface area contributed by atoms with Crippen LogP contribution in [0.25, 0.3) is 0 Å². The Morgan fingerprint density at radius 3 is 1.81 bits per heavy atom. The molecular weight excluding hydrogens is 336 g/mol. The van der Waals surface area contributed by atoms with E-state index in [2.05, 4.69) is 6.92 Å². The molecule has 1 aliphatic rings. The standard InChI is InChI=1S/C20H36O6/c1-2-3-4-5-6-7-8-9-10-11-12-13-14-15-20(24)25-18(22)16-17(21)19(23)26-20/h17,21,24H,2-16H2,1H3.